The van der Waals surface area contributed by atoms with Crippen LogP contribution in [-0.4, -0.2) is 32.5 Å². The van der Waals surface area contributed by atoms with Gasteiger partial charge in [0, 0.05) is 11.7 Å². The first-order valence-corrected chi connectivity index (χ1v) is 11.4. The molecule has 5 nitrogen and oxygen atoms in total. The largest absolute Gasteiger partial charge is 0.352 e. The van der Waals surface area contributed by atoms with Gasteiger partial charge >= 0.3 is 0 Å². The number of halogens is 2. The number of hydrogen-bond acceptors (Lipinski definition) is 4. The molecule has 2 unspecified atom stereocenters. The first-order chi connectivity index (χ1) is 15.0. The Morgan fingerprint density at radius 3 is 2.58 bits per heavy atom. The van der Waals surface area contributed by atoms with Gasteiger partial charge in [0.1, 0.15) is 11.6 Å². The minimum absolute atomic E-state index is 0.0650. The van der Waals surface area contributed by atoms with Crippen molar-refractivity contribution in [2.24, 2.45) is 5.92 Å². The second kappa shape index (κ2) is 9.60. The number of hydrogen-bond donors (Lipinski definition) is 1. The van der Waals surface area contributed by atoms with Gasteiger partial charge in [0.15, 0.2) is 11.0 Å². The van der Waals surface area contributed by atoms with Crippen LogP contribution in [0, 0.1) is 17.6 Å². The quantitative estimate of drug-likeness (QED) is 0.546. The van der Waals surface area contributed by atoms with Gasteiger partial charge in [-0.15, -0.1) is 10.2 Å². The molecule has 2 aromatic carbocycles. The van der Waals surface area contributed by atoms with Crippen molar-refractivity contribution in [2.45, 2.75) is 43.8 Å². The van der Waals surface area contributed by atoms with E-state index < -0.39 is 5.82 Å². The fraction of sp³-hybridized carbons (Fsp3) is 0.348. The first-order valence-electron chi connectivity index (χ1n) is 10.4. The zero-order chi connectivity index (χ0) is 21.8. The highest BCUT2D eigenvalue weighted by Crippen LogP contribution is 2.30. The average molecular weight is 443 g/mol. The van der Waals surface area contributed by atoms with Crippen LogP contribution in [0.2, 0.25) is 0 Å². The Labute approximate surface area is 184 Å². The molecule has 1 N–H and O–H groups in total. The summed E-state index contributed by atoms with van der Waals surface area (Å²) >= 11 is 1.23. The summed E-state index contributed by atoms with van der Waals surface area (Å²) in [6.07, 6.45) is 4.47. The van der Waals surface area contributed by atoms with Gasteiger partial charge in [-0.1, -0.05) is 43.7 Å². The summed E-state index contributed by atoms with van der Waals surface area (Å²) < 4.78 is 29.6. The van der Waals surface area contributed by atoms with Crippen molar-refractivity contribution in [3.05, 3.63) is 60.2 Å². The van der Waals surface area contributed by atoms with E-state index in [0.29, 0.717) is 22.6 Å². The summed E-state index contributed by atoms with van der Waals surface area (Å²) in [7, 11) is 0. The fourth-order valence-electron chi connectivity index (χ4n) is 3.91. The third-order valence-electron chi connectivity index (χ3n) is 5.62. The SMILES string of the molecule is CC1CCCCC1NC(=O)CSc1nnc(-c2ccccc2F)n1-c1ccc(F)cc1. The first kappa shape index (κ1) is 21.5. The van der Waals surface area contributed by atoms with Gasteiger partial charge < -0.3 is 5.32 Å². The lowest BCUT2D eigenvalue weighted by Crippen LogP contribution is -2.41. The molecule has 31 heavy (non-hydrogen) atoms. The van der Waals surface area contributed by atoms with E-state index in [-0.39, 0.29) is 29.1 Å². The lowest BCUT2D eigenvalue weighted by Gasteiger charge is -2.29. The molecule has 1 saturated carbocycles. The molecule has 4 rings (SSSR count). The molecule has 162 valence electrons. The van der Waals surface area contributed by atoms with Crippen molar-refractivity contribution in [2.75, 3.05) is 5.75 Å². The number of aromatic nitrogens is 3. The molecular weight excluding hydrogens is 418 g/mol. The average Bonchev–Trinajstić information content (AvgIpc) is 3.18. The zero-order valence-electron chi connectivity index (χ0n) is 17.2. The minimum Gasteiger partial charge on any atom is -0.352 e. The van der Waals surface area contributed by atoms with Crippen LogP contribution in [0.1, 0.15) is 32.6 Å². The van der Waals surface area contributed by atoms with Gasteiger partial charge in [0.25, 0.3) is 0 Å². The normalized spacial score (nSPS) is 18.7. The van der Waals surface area contributed by atoms with E-state index in [1.54, 1.807) is 34.9 Å². The van der Waals surface area contributed by atoms with E-state index in [0.717, 1.165) is 19.3 Å². The third kappa shape index (κ3) is 4.95. The Morgan fingerprint density at radius 1 is 1.10 bits per heavy atom. The highest BCUT2D eigenvalue weighted by Gasteiger charge is 2.24. The fourth-order valence-corrected chi connectivity index (χ4v) is 4.68. The molecule has 0 saturated heterocycles. The number of nitrogens with zero attached hydrogens (tertiary/aromatic N) is 3. The number of amides is 1. The van der Waals surface area contributed by atoms with E-state index in [2.05, 4.69) is 22.4 Å². The van der Waals surface area contributed by atoms with Crippen LogP contribution in [0.5, 0.6) is 0 Å². The zero-order valence-corrected chi connectivity index (χ0v) is 18.0. The summed E-state index contributed by atoms with van der Waals surface area (Å²) in [4.78, 5) is 12.6. The van der Waals surface area contributed by atoms with Crippen molar-refractivity contribution < 1.29 is 13.6 Å². The molecule has 1 heterocycles. The molecule has 0 radical (unpaired) electrons. The van der Waals surface area contributed by atoms with Gasteiger partial charge in [0.2, 0.25) is 5.91 Å². The third-order valence-corrected chi connectivity index (χ3v) is 6.55. The van der Waals surface area contributed by atoms with Crippen molar-refractivity contribution in [1.29, 1.82) is 0 Å². The lowest BCUT2D eigenvalue weighted by molar-refractivity contribution is -0.119. The Bertz CT molecular complexity index is 1050. The number of carbonyl (C=O) groups is 1. The second-order valence-corrected chi connectivity index (χ2v) is 8.76. The smallest absolute Gasteiger partial charge is 0.230 e. The standard InChI is InChI=1S/C23H24F2N4OS/c1-15-6-2-5-9-20(15)26-21(30)14-31-23-28-27-22(18-7-3-4-8-19(18)25)29(23)17-12-10-16(24)11-13-17/h3-4,7-8,10-13,15,20H,2,5-6,9,14H2,1H3,(H,26,30). The summed E-state index contributed by atoms with van der Waals surface area (Å²) in [5, 5.41) is 11.9. The van der Waals surface area contributed by atoms with E-state index >= 15 is 0 Å². The summed E-state index contributed by atoms with van der Waals surface area (Å²) in [5.41, 5.74) is 0.875. The number of carbonyl (C=O) groups excluding carboxylic acids is 1. The molecule has 2 atom stereocenters. The molecule has 1 aromatic heterocycles. The number of nitrogens with one attached hydrogen (secondary N) is 1. The molecule has 1 aliphatic carbocycles. The second-order valence-electron chi connectivity index (χ2n) is 7.82. The van der Waals surface area contributed by atoms with Gasteiger partial charge in [-0.2, -0.15) is 0 Å². The van der Waals surface area contributed by atoms with E-state index in [1.807, 2.05) is 0 Å². The number of benzene rings is 2. The Morgan fingerprint density at radius 2 is 1.84 bits per heavy atom. The maximum Gasteiger partial charge on any atom is 0.230 e. The minimum atomic E-state index is -0.432. The Balaban J connectivity index is 1.58. The van der Waals surface area contributed by atoms with Crippen LogP contribution in [0.25, 0.3) is 17.1 Å². The van der Waals surface area contributed by atoms with Crippen LogP contribution in [-0.2, 0) is 4.79 Å². The molecule has 0 spiro atoms. The van der Waals surface area contributed by atoms with Gasteiger partial charge in [-0.25, -0.2) is 8.78 Å². The van der Waals surface area contributed by atoms with Crippen molar-refractivity contribution in [3.63, 3.8) is 0 Å². The van der Waals surface area contributed by atoms with Gasteiger partial charge in [-0.3, -0.25) is 9.36 Å². The molecule has 0 bridgehead atoms. The van der Waals surface area contributed by atoms with Crippen LogP contribution in [0.4, 0.5) is 8.78 Å². The molecule has 1 aliphatic rings. The molecule has 3 aromatic rings. The van der Waals surface area contributed by atoms with Crippen LogP contribution < -0.4 is 5.32 Å². The predicted octanol–water partition coefficient (Wildman–Crippen LogP) is 5.00. The van der Waals surface area contributed by atoms with Crippen molar-refractivity contribution >= 4 is 17.7 Å². The van der Waals surface area contributed by atoms with E-state index in [1.165, 1.54) is 36.4 Å². The highest BCUT2D eigenvalue weighted by molar-refractivity contribution is 7.99. The van der Waals surface area contributed by atoms with Crippen molar-refractivity contribution in [1.82, 2.24) is 20.1 Å². The van der Waals surface area contributed by atoms with Gasteiger partial charge in [0.05, 0.1) is 11.3 Å². The van der Waals surface area contributed by atoms with Crippen molar-refractivity contribution in [3.8, 4) is 17.1 Å². The van der Waals surface area contributed by atoms with Crippen LogP contribution in [0.3, 0.4) is 0 Å². The van der Waals surface area contributed by atoms with Crippen LogP contribution >= 0.6 is 11.8 Å². The predicted molar refractivity (Wildman–Crippen MR) is 117 cm³/mol. The van der Waals surface area contributed by atoms with Gasteiger partial charge in [-0.05, 0) is 55.2 Å². The maximum atomic E-state index is 14.4. The van der Waals surface area contributed by atoms with E-state index in [9.17, 15) is 13.6 Å². The monoisotopic (exact) mass is 442 g/mol. The summed E-state index contributed by atoms with van der Waals surface area (Å²) in [5.74, 6) is 0.0645. The summed E-state index contributed by atoms with van der Waals surface area (Å²) in [6.45, 7) is 2.17. The number of thioether (sulfide) groups is 1. The Kier molecular flexibility index (Phi) is 6.65. The maximum absolute atomic E-state index is 14.4. The lowest BCUT2D eigenvalue weighted by atomic mass is 9.86. The topological polar surface area (TPSA) is 59.8 Å². The highest BCUT2D eigenvalue weighted by atomic mass is 32.2. The molecule has 1 fully saturated rings. The molecule has 0 aliphatic heterocycles. The summed E-state index contributed by atoms with van der Waals surface area (Å²) in [6, 6.07) is 12.3. The molecule has 1 amide bonds. The number of rotatable bonds is 6. The molecular formula is C23H24F2N4OS. The molecule has 8 heteroatoms. The van der Waals surface area contributed by atoms with Crippen LogP contribution in [0.15, 0.2) is 53.7 Å². The Hall–Kier alpha value is -2.74. The van der Waals surface area contributed by atoms with E-state index in [4.69, 9.17) is 0 Å².